The summed E-state index contributed by atoms with van der Waals surface area (Å²) in [6.07, 6.45) is 0.905. The van der Waals surface area contributed by atoms with Crippen LogP contribution in [-0.4, -0.2) is 34.5 Å². The van der Waals surface area contributed by atoms with Gasteiger partial charge < -0.3 is 10.0 Å². The third kappa shape index (κ3) is 3.09. The van der Waals surface area contributed by atoms with E-state index in [-0.39, 0.29) is 11.9 Å². The van der Waals surface area contributed by atoms with E-state index in [0.717, 1.165) is 16.7 Å². The van der Waals surface area contributed by atoms with E-state index in [1.807, 2.05) is 27.7 Å². The standard InChI is InChI=1S/C17H23NO3/c1-10-7-11(2)15(12(3)8-10)9-16(19)18-6-5-14(13(18)4)17(20)21/h7-8,13-14H,5-6,9H2,1-4H3,(H,20,21). The maximum absolute atomic E-state index is 12.5. The van der Waals surface area contributed by atoms with Gasteiger partial charge in [-0.1, -0.05) is 17.7 Å². The minimum absolute atomic E-state index is 0.0290. The van der Waals surface area contributed by atoms with Gasteiger partial charge >= 0.3 is 5.97 Å². The maximum Gasteiger partial charge on any atom is 0.308 e. The number of amides is 1. The molecule has 0 bridgehead atoms. The number of benzene rings is 1. The summed E-state index contributed by atoms with van der Waals surface area (Å²) >= 11 is 0. The molecule has 2 atom stereocenters. The van der Waals surface area contributed by atoms with Crippen LogP contribution < -0.4 is 0 Å². The topological polar surface area (TPSA) is 57.6 Å². The fraction of sp³-hybridized carbons (Fsp3) is 0.529. The molecule has 0 aliphatic carbocycles. The third-order valence-electron chi connectivity index (χ3n) is 4.56. The summed E-state index contributed by atoms with van der Waals surface area (Å²) in [6.45, 7) is 8.47. The fourth-order valence-corrected chi connectivity index (χ4v) is 3.36. The average molecular weight is 289 g/mol. The molecule has 114 valence electrons. The molecule has 1 amide bonds. The Kier molecular flexibility index (Phi) is 4.35. The summed E-state index contributed by atoms with van der Waals surface area (Å²) in [7, 11) is 0. The molecule has 2 unspecified atom stereocenters. The Labute approximate surface area is 125 Å². The number of aliphatic carboxylic acids is 1. The molecule has 21 heavy (non-hydrogen) atoms. The fourth-order valence-electron chi connectivity index (χ4n) is 3.36. The van der Waals surface area contributed by atoms with E-state index in [1.54, 1.807) is 4.90 Å². The van der Waals surface area contributed by atoms with Gasteiger partial charge in [0.05, 0.1) is 12.3 Å². The van der Waals surface area contributed by atoms with Crippen LogP contribution in [0.15, 0.2) is 12.1 Å². The highest BCUT2D eigenvalue weighted by Gasteiger charge is 2.37. The molecule has 1 aromatic carbocycles. The number of carboxylic acids is 1. The largest absolute Gasteiger partial charge is 0.481 e. The number of hydrogen-bond acceptors (Lipinski definition) is 2. The second-order valence-electron chi connectivity index (χ2n) is 6.12. The molecule has 1 fully saturated rings. The second-order valence-corrected chi connectivity index (χ2v) is 6.12. The van der Waals surface area contributed by atoms with E-state index in [0.29, 0.717) is 19.4 Å². The molecule has 1 heterocycles. The summed E-state index contributed by atoms with van der Waals surface area (Å²) in [5, 5.41) is 9.15. The van der Waals surface area contributed by atoms with E-state index in [9.17, 15) is 9.59 Å². The van der Waals surface area contributed by atoms with Crippen molar-refractivity contribution in [3.05, 3.63) is 34.4 Å². The van der Waals surface area contributed by atoms with Crippen LogP contribution in [0.1, 0.15) is 35.6 Å². The Balaban J connectivity index is 2.15. The molecule has 0 saturated carbocycles. The van der Waals surface area contributed by atoms with Crippen LogP contribution in [0, 0.1) is 26.7 Å². The minimum atomic E-state index is -0.805. The van der Waals surface area contributed by atoms with Gasteiger partial charge in [0.15, 0.2) is 0 Å². The van der Waals surface area contributed by atoms with Crippen molar-refractivity contribution in [1.29, 1.82) is 0 Å². The molecule has 2 rings (SSSR count). The molecule has 4 heteroatoms. The van der Waals surface area contributed by atoms with E-state index in [2.05, 4.69) is 12.1 Å². The maximum atomic E-state index is 12.5. The molecule has 1 N–H and O–H groups in total. The molecule has 1 aliphatic heterocycles. The van der Waals surface area contributed by atoms with E-state index < -0.39 is 11.9 Å². The van der Waals surface area contributed by atoms with Crippen LogP contribution in [-0.2, 0) is 16.0 Å². The number of nitrogens with zero attached hydrogens (tertiary/aromatic N) is 1. The number of aryl methyl sites for hydroxylation is 3. The average Bonchev–Trinajstić information content (AvgIpc) is 2.75. The molecular formula is C17H23NO3. The second kappa shape index (κ2) is 5.88. The summed E-state index contributed by atoms with van der Waals surface area (Å²) in [4.78, 5) is 25.4. The van der Waals surface area contributed by atoms with Crippen LogP contribution in [0.25, 0.3) is 0 Å². The Hall–Kier alpha value is -1.84. The number of hydrogen-bond donors (Lipinski definition) is 1. The van der Waals surface area contributed by atoms with Crippen molar-refractivity contribution in [3.8, 4) is 0 Å². The lowest BCUT2D eigenvalue weighted by molar-refractivity contribution is -0.143. The molecule has 0 aromatic heterocycles. The lowest BCUT2D eigenvalue weighted by Gasteiger charge is -2.24. The van der Waals surface area contributed by atoms with Crippen molar-refractivity contribution in [2.24, 2.45) is 5.92 Å². The number of likely N-dealkylation sites (tertiary alicyclic amines) is 1. The zero-order chi connectivity index (χ0) is 15.7. The predicted octanol–water partition coefficient (Wildman–Crippen LogP) is 2.48. The normalized spacial score (nSPS) is 21.6. The monoisotopic (exact) mass is 289 g/mol. The summed E-state index contributed by atoms with van der Waals surface area (Å²) in [5.41, 5.74) is 4.52. The first-order valence-corrected chi connectivity index (χ1v) is 7.40. The zero-order valence-corrected chi connectivity index (χ0v) is 13.1. The number of carboxylic acid groups (broad SMARTS) is 1. The van der Waals surface area contributed by atoms with Crippen molar-refractivity contribution in [2.45, 2.75) is 46.6 Å². The summed E-state index contributed by atoms with van der Waals surface area (Å²) < 4.78 is 0. The van der Waals surface area contributed by atoms with Crippen LogP contribution >= 0.6 is 0 Å². The van der Waals surface area contributed by atoms with Gasteiger partial charge in [0.25, 0.3) is 0 Å². The quantitative estimate of drug-likeness (QED) is 0.930. The van der Waals surface area contributed by atoms with Crippen molar-refractivity contribution < 1.29 is 14.7 Å². The van der Waals surface area contributed by atoms with Crippen molar-refractivity contribution in [1.82, 2.24) is 4.90 Å². The van der Waals surface area contributed by atoms with E-state index >= 15 is 0 Å². The predicted molar refractivity (Wildman–Crippen MR) is 81.3 cm³/mol. The van der Waals surface area contributed by atoms with Crippen molar-refractivity contribution >= 4 is 11.9 Å². The zero-order valence-electron chi connectivity index (χ0n) is 13.1. The summed E-state index contributed by atoms with van der Waals surface area (Å²) in [6, 6.07) is 3.95. The van der Waals surface area contributed by atoms with Crippen molar-refractivity contribution in [2.75, 3.05) is 6.54 Å². The van der Waals surface area contributed by atoms with Gasteiger partial charge in [-0.05, 0) is 50.8 Å². The number of rotatable bonds is 3. The molecule has 1 saturated heterocycles. The van der Waals surface area contributed by atoms with Crippen molar-refractivity contribution in [3.63, 3.8) is 0 Å². The van der Waals surface area contributed by atoms with Gasteiger partial charge in [-0.15, -0.1) is 0 Å². The van der Waals surface area contributed by atoms with Gasteiger partial charge in [-0.3, -0.25) is 9.59 Å². The molecule has 1 aromatic rings. The van der Waals surface area contributed by atoms with Crippen LogP contribution in [0.5, 0.6) is 0 Å². The Morgan fingerprint density at radius 1 is 1.24 bits per heavy atom. The smallest absolute Gasteiger partial charge is 0.308 e. The number of carbonyl (C=O) groups excluding carboxylic acids is 1. The molecule has 1 aliphatic rings. The Morgan fingerprint density at radius 3 is 2.29 bits per heavy atom. The molecule has 0 spiro atoms. The third-order valence-corrected chi connectivity index (χ3v) is 4.56. The van der Waals surface area contributed by atoms with Gasteiger partial charge in [0.1, 0.15) is 0 Å². The number of carbonyl (C=O) groups is 2. The van der Waals surface area contributed by atoms with E-state index in [1.165, 1.54) is 5.56 Å². The first-order valence-electron chi connectivity index (χ1n) is 7.40. The Morgan fingerprint density at radius 2 is 1.81 bits per heavy atom. The highest BCUT2D eigenvalue weighted by molar-refractivity contribution is 5.82. The van der Waals surface area contributed by atoms with Crippen LogP contribution in [0.4, 0.5) is 0 Å². The lowest BCUT2D eigenvalue weighted by Crippen LogP contribution is -2.38. The van der Waals surface area contributed by atoms with Crippen LogP contribution in [0.3, 0.4) is 0 Å². The van der Waals surface area contributed by atoms with Gasteiger partial charge in [-0.2, -0.15) is 0 Å². The SMILES string of the molecule is Cc1cc(C)c(CC(=O)N2CCC(C(=O)O)C2C)c(C)c1. The summed E-state index contributed by atoms with van der Waals surface area (Å²) in [5.74, 6) is -1.21. The first-order chi connectivity index (χ1) is 9.81. The van der Waals surface area contributed by atoms with Gasteiger partial charge in [0, 0.05) is 12.6 Å². The lowest BCUT2D eigenvalue weighted by atomic mass is 9.96. The van der Waals surface area contributed by atoms with Crippen LogP contribution in [0.2, 0.25) is 0 Å². The van der Waals surface area contributed by atoms with Gasteiger partial charge in [-0.25, -0.2) is 0 Å². The van der Waals surface area contributed by atoms with Gasteiger partial charge in [0.2, 0.25) is 5.91 Å². The minimum Gasteiger partial charge on any atom is -0.481 e. The molecule has 4 nitrogen and oxygen atoms in total. The molecular weight excluding hydrogens is 266 g/mol. The Bertz CT molecular complexity index is 556. The molecule has 0 radical (unpaired) electrons. The van der Waals surface area contributed by atoms with E-state index in [4.69, 9.17) is 5.11 Å². The highest BCUT2D eigenvalue weighted by Crippen LogP contribution is 2.26. The first kappa shape index (κ1) is 15.5. The highest BCUT2D eigenvalue weighted by atomic mass is 16.4.